The van der Waals surface area contributed by atoms with Gasteiger partial charge in [-0.15, -0.1) is 0 Å². The van der Waals surface area contributed by atoms with Crippen molar-refractivity contribution in [2.24, 2.45) is 5.92 Å². The summed E-state index contributed by atoms with van der Waals surface area (Å²) in [6.45, 7) is 7.49. The van der Waals surface area contributed by atoms with Crippen LogP contribution in [-0.2, 0) is 22.6 Å². The third kappa shape index (κ3) is 5.58. The van der Waals surface area contributed by atoms with Crippen molar-refractivity contribution in [1.82, 2.24) is 10.2 Å². The smallest absolute Gasteiger partial charge is 0.243 e. The molecule has 25 heavy (non-hydrogen) atoms. The van der Waals surface area contributed by atoms with Gasteiger partial charge >= 0.3 is 0 Å². The fraction of sp³-hybridized carbons (Fsp3) is 0.619. The van der Waals surface area contributed by atoms with Crippen molar-refractivity contribution < 1.29 is 9.59 Å². The summed E-state index contributed by atoms with van der Waals surface area (Å²) >= 11 is 0. The molecule has 1 aromatic rings. The van der Waals surface area contributed by atoms with Crippen molar-refractivity contribution in [2.75, 3.05) is 6.54 Å². The summed E-state index contributed by atoms with van der Waals surface area (Å²) in [6.07, 6.45) is 5.63. The molecule has 0 spiro atoms. The maximum atomic E-state index is 12.7. The summed E-state index contributed by atoms with van der Waals surface area (Å²) in [5.74, 6) is 0.362. The fourth-order valence-electron chi connectivity index (χ4n) is 3.37. The molecule has 4 nitrogen and oxygen atoms in total. The number of carbonyl (C=O) groups excluding carboxylic acids is 2. The van der Waals surface area contributed by atoms with E-state index in [1.807, 2.05) is 26.0 Å². The first kappa shape index (κ1) is 19.5. The van der Waals surface area contributed by atoms with Gasteiger partial charge in [-0.05, 0) is 23.5 Å². The van der Waals surface area contributed by atoms with Crippen molar-refractivity contribution in [3.05, 3.63) is 35.4 Å². The Kier molecular flexibility index (Phi) is 7.48. The molecule has 1 heterocycles. The van der Waals surface area contributed by atoms with Crippen LogP contribution in [0.5, 0.6) is 0 Å². The molecule has 0 radical (unpaired) electrons. The highest BCUT2D eigenvalue weighted by atomic mass is 16.2. The van der Waals surface area contributed by atoms with E-state index in [2.05, 4.69) is 24.4 Å². The topological polar surface area (TPSA) is 49.4 Å². The highest BCUT2D eigenvalue weighted by Crippen LogP contribution is 2.25. The summed E-state index contributed by atoms with van der Waals surface area (Å²) in [4.78, 5) is 27.2. The van der Waals surface area contributed by atoms with Crippen LogP contribution in [0.2, 0.25) is 0 Å². The maximum absolute atomic E-state index is 12.7. The molecule has 1 aromatic carbocycles. The lowest BCUT2D eigenvalue weighted by molar-refractivity contribution is -0.142. The van der Waals surface area contributed by atoms with Gasteiger partial charge in [0.2, 0.25) is 11.8 Å². The van der Waals surface area contributed by atoms with E-state index in [0.29, 0.717) is 31.8 Å². The van der Waals surface area contributed by atoms with E-state index in [-0.39, 0.29) is 17.9 Å². The number of hydrogen-bond acceptors (Lipinski definition) is 2. The largest absolute Gasteiger partial charge is 0.354 e. The minimum atomic E-state index is -0.382. The Morgan fingerprint density at radius 3 is 2.56 bits per heavy atom. The molecule has 0 fully saturated rings. The van der Waals surface area contributed by atoms with Crippen LogP contribution in [0.25, 0.3) is 0 Å². The molecule has 0 saturated heterocycles. The molecule has 0 bridgehead atoms. The van der Waals surface area contributed by atoms with E-state index in [1.165, 1.54) is 18.4 Å². The Bertz CT molecular complexity index is 583. The Morgan fingerprint density at radius 2 is 1.88 bits per heavy atom. The molecular formula is C21H32N2O2. The molecule has 1 unspecified atom stereocenters. The molecule has 1 N–H and O–H groups in total. The van der Waals surface area contributed by atoms with Gasteiger partial charge < -0.3 is 10.2 Å². The quantitative estimate of drug-likeness (QED) is 0.731. The molecule has 0 saturated carbocycles. The van der Waals surface area contributed by atoms with Crippen LogP contribution >= 0.6 is 0 Å². The van der Waals surface area contributed by atoms with E-state index in [9.17, 15) is 9.59 Å². The summed E-state index contributed by atoms with van der Waals surface area (Å²) in [5, 5.41) is 3.05. The number of unbranched alkanes of at least 4 members (excludes halogenated alkanes) is 3. The van der Waals surface area contributed by atoms with E-state index in [0.717, 1.165) is 18.4 Å². The van der Waals surface area contributed by atoms with E-state index < -0.39 is 0 Å². The Labute approximate surface area is 152 Å². The zero-order valence-electron chi connectivity index (χ0n) is 15.9. The van der Waals surface area contributed by atoms with E-state index in [4.69, 9.17) is 0 Å². The van der Waals surface area contributed by atoms with Gasteiger partial charge in [0.1, 0.15) is 6.04 Å². The lowest BCUT2D eigenvalue weighted by Gasteiger charge is -2.36. The number of nitrogens with zero attached hydrogens (tertiary/aromatic N) is 1. The molecule has 4 heteroatoms. The Hall–Kier alpha value is -1.84. The molecule has 0 aliphatic carbocycles. The number of hydrogen-bond donors (Lipinski definition) is 1. The van der Waals surface area contributed by atoms with Gasteiger partial charge in [0.25, 0.3) is 0 Å². The summed E-state index contributed by atoms with van der Waals surface area (Å²) in [5.41, 5.74) is 2.34. The Balaban J connectivity index is 2.05. The van der Waals surface area contributed by atoms with Crippen LogP contribution in [0.1, 0.15) is 64.0 Å². The second-order valence-corrected chi connectivity index (χ2v) is 7.46. The second kappa shape index (κ2) is 9.59. The van der Waals surface area contributed by atoms with Crippen LogP contribution in [0, 0.1) is 5.92 Å². The highest BCUT2D eigenvalue weighted by Gasteiger charge is 2.34. The fourth-order valence-corrected chi connectivity index (χ4v) is 3.37. The van der Waals surface area contributed by atoms with Gasteiger partial charge in [-0.2, -0.15) is 0 Å². The molecule has 1 aliphatic rings. The molecule has 0 aromatic heterocycles. The summed E-state index contributed by atoms with van der Waals surface area (Å²) < 4.78 is 0. The van der Waals surface area contributed by atoms with Gasteiger partial charge in [0.15, 0.2) is 0 Å². The Morgan fingerprint density at radius 1 is 1.16 bits per heavy atom. The van der Waals surface area contributed by atoms with Crippen LogP contribution in [0.3, 0.4) is 0 Å². The zero-order chi connectivity index (χ0) is 18.2. The molecule has 1 atom stereocenters. The molecular weight excluding hydrogens is 312 g/mol. The summed E-state index contributed by atoms with van der Waals surface area (Å²) in [7, 11) is 0. The minimum Gasteiger partial charge on any atom is -0.354 e. The number of amides is 2. The zero-order valence-corrected chi connectivity index (χ0v) is 15.9. The normalized spacial score (nSPS) is 16.6. The van der Waals surface area contributed by atoms with Crippen LogP contribution < -0.4 is 5.32 Å². The number of carbonyl (C=O) groups is 2. The van der Waals surface area contributed by atoms with E-state index in [1.54, 1.807) is 4.90 Å². The van der Waals surface area contributed by atoms with Crippen LogP contribution in [0.4, 0.5) is 0 Å². The van der Waals surface area contributed by atoms with Gasteiger partial charge in [0, 0.05) is 25.9 Å². The first-order valence-corrected chi connectivity index (χ1v) is 9.66. The number of fused-ring (bicyclic) bond motifs is 1. The van der Waals surface area contributed by atoms with Gasteiger partial charge in [-0.25, -0.2) is 0 Å². The van der Waals surface area contributed by atoms with Crippen molar-refractivity contribution in [3.8, 4) is 0 Å². The standard InChI is InChI=1S/C21H32N2O2/c1-4-5-6-9-12-22-21(25)19-14-17-10-7-8-11-18(17)15-23(19)20(24)13-16(2)3/h7-8,10-11,16,19H,4-6,9,12-15H2,1-3H3,(H,22,25). The van der Waals surface area contributed by atoms with E-state index >= 15 is 0 Å². The second-order valence-electron chi connectivity index (χ2n) is 7.46. The van der Waals surface area contributed by atoms with Crippen molar-refractivity contribution >= 4 is 11.8 Å². The number of rotatable bonds is 8. The van der Waals surface area contributed by atoms with Crippen molar-refractivity contribution in [1.29, 1.82) is 0 Å². The lowest BCUT2D eigenvalue weighted by atomic mass is 9.92. The number of benzene rings is 1. The third-order valence-corrected chi connectivity index (χ3v) is 4.78. The predicted octanol–water partition coefficient (Wildman–Crippen LogP) is 3.68. The predicted molar refractivity (Wildman–Crippen MR) is 101 cm³/mol. The van der Waals surface area contributed by atoms with Gasteiger partial charge in [-0.3, -0.25) is 9.59 Å². The van der Waals surface area contributed by atoms with Gasteiger partial charge in [0.05, 0.1) is 0 Å². The first-order chi connectivity index (χ1) is 12.0. The molecule has 2 amide bonds. The van der Waals surface area contributed by atoms with Crippen LogP contribution in [-0.4, -0.2) is 29.3 Å². The average molecular weight is 344 g/mol. The van der Waals surface area contributed by atoms with Gasteiger partial charge in [-0.1, -0.05) is 64.3 Å². The maximum Gasteiger partial charge on any atom is 0.243 e. The lowest BCUT2D eigenvalue weighted by Crippen LogP contribution is -2.52. The summed E-state index contributed by atoms with van der Waals surface area (Å²) in [6, 6.07) is 7.75. The first-order valence-electron chi connectivity index (χ1n) is 9.66. The molecule has 1 aliphatic heterocycles. The van der Waals surface area contributed by atoms with Crippen LogP contribution in [0.15, 0.2) is 24.3 Å². The highest BCUT2D eigenvalue weighted by molar-refractivity contribution is 5.88. The van der Waals surface area contributed by atoms with Crippen molar-refractivity contribution in [2.45, 2.75) is 71.9 Å². The average Bonchev–Trinajstić information content (AvgIpc) is 2.59. The molecule has 2 rings (SSSR count). The monoisotopic (exact) mass is 344 g/mol. The molecule has 138 valence electrons. The number of nitrogens with one attached hydrogen (secondary N) is 1. The van der Waals surface area contributed by atoms with Crippen molar-refractivity contribution in [3.63, 3.8) is 0 Å². The minimum absolute atomic E-state index is 0.0110. The third-order valence-electron chi connectivity index (χ3n) is 4.78. The SMILES string of the molecule is CCCCCCNC(=O)C1Cc2ccccc2CN1C(=O)CC(C)C.